The van der Waals surface area contributed by atoms with Crippen molar-refractivity contribution in [1.82, 2.24) is 24.3 Å². The van der Waals surface area contributed by atoms with Gasteiger partial charge in [-0.05, 0) is 31.6 Å². The Balaban J connectivity index is 1.32. The molecule has 146 valence electrons. The standard InChI is InChI=1S/C19H22N6O2S/c1-11-17(25-4-5-28-19(25)22-11)18(27)24-9-12-6-14(15(26)7-13(12)10-24)23-16-8-20-2-3-21-16/h2-5,8,12-15,26H,6-7,9-10H2,1H3,(H,21,23)/t12-,13+,14-,15-/m1/s1. The molecule has 3 aromatic heterocycles. The fraction of sp³-hybridized carbons (Fsp3) is 0.474. The number of anilines is 1. The van der Waals surface area contributed by atoms with E-state index in [2.05, 4.69) is 20.3 Å². The molecule has 8 nitrogen and oxygen atoms in total. The van der Waals surface area contributed by atoms with Crippen LogP contribution >= 0.6 is 11.3 Å². The van der Waals surface area contributed by atoms with Crippen LogP contribution in [0.1, 0.15) is 29.0 Å². The number of thiazole rings is 1. The van der Waals surface area contributed by atoms with Gasteiger partial charge in [0.2, 0.25) is 0 Å². The van der Waals surface area contributed by atoms with Crippen LogP contribution in [-0.4, -0.2) is 60.5 Å². The summed E-state index contributed by atoms with van der Waals surface area (Å²) in [6.07, 6.45) is 7.87. The van der Waals surface area contributed by atoms with Gasteiger partial charge in [-0.3, -0.25) is 14.2 Å². The predicted octanol–water partition coefficient (Wildman–Crippen LogP) is 1.82. The number of aryl methyl sites for hydroxylation is 1. The number of carbonyl (C=O) groups is 1. The number of hydrogen-bond donors (Lipinski definition) is 2. The molecule has 0 spiro atoms. The Morgan fingerprint density at radius 1 is 1.29 bits per heavy atom. The first-order valence-corrected chi connectivity index (χ1v) is 10.4. The molecule has 1 aliphatic carbocycles. The summed E-state index contributed by atoms with van der Waals surface area (Å²) in [6, 6.07) is -0.0757. The van der Waals surface area contributed by atoms with Gasteiger partial charge in [0.25, 0.3) is 5.91 Å². The summed E-state index contributed by atoms with van der Waals surface area (Å²) >= 11 is 1.53. The molecule has 1 saturated carbocycles. The van der Waals surface area contributed by atoms with Crippen molar-refractivity contribution in [2.75, 3.05) is 18.4 Å². The summed E-state index contributed by atoms with van der Waals surface area (Å²) in [5, 5.41) is 15.9. The molecule has 1 aliphatic heterocycles. The highest BCUT2D eigenvalue weighted by atomic mass is 32.1. The van der Waals surface area contributed by atoms with Crippen LogP contribution in [0.25, 0.3) is 4.96 Å². The minimum Gasteiger partial charge on any atom is -0.391 e. The summed E-state index contributed by atoms with van der Waals surface area (Å²) in [4.78, 5) is 28.8. The number of likely N-dealkylation sites (tertiary alicyclic amines) is 1. The molecule has 0 aromatic carbocycles. The smallest absolute Gasteiger partial charge is 0.272 e. The van der Waals surface area contributed by atoms with Crippen molar-refractivity contribution in [3.63, 3.8) is 0 Å². The highest BCUT2D eigenvalue weighted by molar-refractivity contribution is 7.15. The highest BCUT2D eigenvalue weighted by Crippen LogP contribution is 2.38. The molecule has 28 heavy (non-hydrogen) atoms. The Morgan fingerprint density at radius 2 is 2.11 bits per heavy atom. The second-order valence-electron chi connectivity index (χ2n) is 7.71. The molecule has 0 bridgehead atoms. The third-order valence-corrected chi connectivity index (χ3v) is 6.72. The Kier molecular flexibility index (Phi) is 4.28. The molecule has 0 unspecified atom stereocenters. The van der Waals surface area contributed by atoms with Crippen LogP contribution in [0.2, 0.25) is 0 Å². The summed E-state index contributed by atoms with van der Waals surface area (Å²) in [6.45, 7) is 3.29. The Bertz CT molecular complexity index is 1000. The molecule has 2 aliphatic rings. The van der Waals surface area contributed by atoms with Crippen LogP contribution in [0.15, 0.2) is 30.2 Å². The normalized spacial score (nSPS) is 27.1. The van der Waals surface area contributed by atoms with Crippen LogP contribution in [0.3, 0.4) is 0 Å². The van der Waals surface area contributed by atoms with Crippen LogP contribution < -0.4 is 5.32 Å². The number of aliphatic hydroxyl groups excluding tert-OH is 1. The lowest BCUT2D eigenvalue weighted by Gasteiger charge is -2.35. The van der Waals surface area contributed by atoms with Crippen molar-refractivity contribution in [2.24, 2.45) is 11.8 Å². The lowest BCUT2D eigenvalue weighted by molar-refractivity contribution is 0.0725. The van der Waals surface area contributed by atoms with Crippen molar-refractivity contribution in [2.45, 2.75) is 31.9 Å². The third-order valence-electron chi connectivity index (χ3n) is 5.96. The van der Waals surface area contributed by atoms with Gasteiger partial charge >= 0.3 is 0 Å². The Morgan fingerprint density at radius 3 is 2.89 bits per heavy atom. The second kappa shape index (κ2) is 6.82. The molecule has 1 saturated heterocycles. The maximum Gasteiger partial charge on any atom is 0.272 e. The highest BCUT2D eigenvalue weighted by Gasteiger charge is 2.43. The largest absolute Gasteiger partial charge is 0.391 e. The monoisotopic (exact) mass is 398 g/mol. The summed E-state index contributed by atoms with van der Waals surface area (Å²) in [5.74, 6) is 1.40. The number of aliphatic hydroxyl groups is 1. The van der Waals surface area contributed by atoms with Gasteiger partial charge in [0.05, 0.1) is 24.0 Å². The predicted molar refractivity (Wildman–Crippen MR) is 105 cm³/mol. The van der Waals surface area contributed by atoms with E-state index >= 15 is 0 Å². The number of fused-ring (bicyclic) bond motifs is 2. The van der Waals surface area contributed by atoms with Crippen LogP contribution in [0.4, 0.5) is 5.82 Å². The van der Waals surface area contributed by atoms with Crippen LogP contribution in [-0.2, 0) is 0 Å². The van der Waals surface area contributed by atoms with Gasteiger partial charge in [0.1, 0.15) is 11.5 Å². The van der Waals surface area contributed by atoms with Crippen molar-refractivity contribution in [3.8, 4) is 0 Å². The van der Waals surface area contributed by atoms with Crippen LogP contribution in [0.5, 0.6) is 0 Å². The first kappa shape index (κ1) is 17.6. The number of nitrogens with zero attached hydrogens (tertiary/aromatic N) is 5. The lowest BCUT2D eigenvalue weighted by Crippen LogP contribution is -2.43. The zero-order valence-corrected chi connectivity index (χ0v) is 16.3. The van der Waals surface area contributed by atoms with Gasteiger partial charge in [-0.25, -0.2) is 9.97 Å². The molecular formula is C19H22N6O2S. The van der Waals surface area contributed by atoms with Crippen molar-refractivity contribution in [1.29, 1.82) is 0 Å². The van der Waals surface area contributed by atoms with E-state index in [1.165, 1.54) is 11.3 Å². The van der Waals surface area contributed by atoms with E-state index in [-0.39, 0.29) is 11.9 Å². The molecule has 5 rings (SSSR count). The number of amides is 1. The Labute approximate surface area is 166 Å². The van der Waals surface area contributed by atoms with Crippen LogP contribution in [0, 0.1) is 18.8 Å². The zero-order chi connectivity index (χ0) is 19.3. The number of carbonyl (C=O) groups excluding carboxylic acids is 1. The van der Waals surface area contributed by atoms with Crippen molar-refractivity contribution >= 4 is 28.0 Å². The average Bonchev–Trinajstić information content (AvgIpc) is 3.36. The second-order valence-corrected chi connectivity index (χ2v) is 8.58. The molecule has 4 heterocycles. The van der Waals surface area contributed by atoms with Gasteiger partial charge < -0.3 is 15.3 Å². The van der Waals surface area contributed by atoms with E-state index in [0.29, 0.717) is 42.9 Å². The van der Waals surface area contributed by atoms with Gasteiger partial charge in [-0.1, -0.05) is 0 Å². The summed E-state index contributed by atoms with van der Waals surface area (Å²) in [7, 11) is 0. The SMILES string of the molecule is Cc1nc2sccn2c1C(=O)N1C[C@H]2C[C@@H](Nc3cnccn3)[C@H](O)C[C@H]2C1. The quantitative estimate of drug-likeness (QED) is 0.699. The van der Waals surface area contributed by atoms with E-state index in [1.807, 2.05) is 27.8 Å². The van der Waals surface area contributed by atoms with Gasteiger partial charge in [-0.2, -0.15) is 0 Å². The van der Waals surface area contributed by atoms with Gasteiger partial charge in [0.15, 0.2) is 4.96 Å². The molecule has 3 aromatic rings. The fourth-order valence-electron chi connectivity index (χ4n) is 4.62. The first-order chi connectivity index (χ1) is 13.6. The molecule has 1 amide bonds. The summed E-state index contributed by atoms with van der Waals surface area (Å²) < 4.78 is 1.89. The molecular weight excluding hydrogens is 376 g/mol. The summed E-state index contributed by atoms with van der Waals surface area (Å²) in [5.41, 5.74) is 1.43. The van der Waals surface area contributed by atoms with Crippen molar-refractivity contribution in [3.05, 3.63) is 41.6 Å². The maximum absolute atomic E-state index is 13.2. The molecule has 9 heteroatoms. The van der Waals surface area contributed by atoms with E-state index < -0.39 is 6.10 Å². The van der Waals surface area contributed by atoms with E-state index in [4.69, 9.17) is 0 Å². The number of hydrogen-bond acceptors (Lipinski definition) is 7. The van der Waals surface area contributed by atoms with Crippen molar-refractivity contribution < 1.29 is 9.90 Å². The molecule has 2 N–H and O–H groups in total. The minimum atomic E-state index is -0.460. The maximum atomic E-state index is 13.2. The first-order valence-electron chi connectivity index (χ1n) is 9.52. The number of imidazole rings is 1. The third kappa shape index (κ3) is 2.94. The van der Waals surface area contributed by atoms with Gasteiger partial charge in [0, 0.05) is 37.1 Å². The van der Waals surface area contributed by atoms with E-state index in [0.717, 1.165) is 17.1 Å². The number of rotatable bonds is 3. The van der Waals surface area contributed by atoms with E-state index in [1.54, 1.807) is 18.6 Å². The Hall–Kier alpha value is -2.52. The van der Waals surface area contributed by atoms with E-state index in [9.17, 15) is 9.90 Å². The average molecular weight is 398 g/mol. The molecule has 2 fully saturated rings. The van der Waals surface area contributed by atoms with Gasteiger partial charge in [-0.15, -0.1) is 11.3 Å². The number of nitrogens with one attached hydrogen (secondary N) is 1. The lowest BCUT2D eigenvalue weighted by atomic mass is 9.77. The topological polar surface area (TPSA) is 95.7 Å². The molecule has 0 radical (unpaired) electrons. The zero-order valence-electron chi connectivity index (χ0n) is 15.5. The molecule has 4 atom stereocenters. The fourth-order valence-corrected chi connectivity index (χ4v) is 5.38. The number of aromatic nitrogens is 4. The minimum absolute atomic E-state index is 0.0331.